The zero-order chi connectivity index (χ0) is 10.7. The van der Waals surface area contributed by atoms with Crippen LogP contribution in [0.5, 0.6) is 0 Å². The molecular formula is C13H20N2. The summed E-state index contributed by atoms with van der Waals surface area (Å²) in [4.78, 5) is 2.42. The number of para-hydroxylation sites is 2. The number of nitrogens with two attached hydrogens (primary N) is 1. The fourth-order valence-electron chi connectivity index (χ4n) is 2.36. The SMILES string of the molecule is CCC1CCN(c2ccccc2N)CC1. The van der Waals surface area contributed by atoms with Gasteiger partial charge in [-0.2, -0.15) is 0 Å². The first-order chi connectivity index (χ1) is 7.31. The van der Waals surface area contributed by atoms with Crippen molar-refractivity contribution in [1.29, 1.82) is 0 Å². The Balaban J connectivity index is 2.04. The van der Waals surface area contributed by atoms with Crippen molar-refractivity contribution in [2.45, 2.75) is 26.2 Å². The Morgan fingerprint density at radius 1 is 1.27 bits per heavy atom. The van der Waals surface area contributed by atoms with Crippen LogP contribution in [0.3, 0.4) is 0 Å². The van der Waals surface area contributed by atoms with Crippen molar-refractivity contribution >= 4 is 11.4 Å². The number of nitrogen functional groups attached to an aromatic ring is 1. The molecule has 0 unspecified atom stereocenters. The van der Waals surface area contributed by atoms with Gasteiger partial charge in [-0.3, -0.25) is 0 Å². The first kappa shape index (κ1) is 10.3. The maximum Gasteiger partial charge on any atom is 0.0599 e. The van der Waals surface area contributed by atoms with Crippen LogP contribution in [0.1, 0.15) is 26.2 Å². The summed E-state index contributed by atoms with van der Waals surface area (Å²) >= 11 is 0. The second-order valence-electron chi connectivity index (χ2n) is 4.40. The third-order valence-corrected chi connectivity index (χ3v) is 3.47. The van der Waals surface area contributed by atoms with E-state index in [0.29, 0.717) is 0 Å². The first-order valence-electron chi connectivity index (χ1n) is 5.90. The molecular weight excluding hydrogens is 184 g/mol. The van der Waals surface area contributed by atoms with Crippen LogP contribution in [0.2, 0.25) is 0 Å². The fourth-order valence-corrected chi connectivity index (χ4v) is 2.36. The normalized spacial score (nSPS) is 18.1. The van der Waals surface area contributed by atoms with Crippen LogP contribution >= 0.6 is 0 Å². The molecule has 1 aromatic carbocycles. The van der Waals surface area contributed by atoms with Gasteiger partial charge >= 0.3 is 0 Å². The lowest BCUT2D eigenvalue weighted by atomic mass is 9.94. The van der Waals surface area contributed by atoms with Crippen molar-refractivity contribution in [1.82, 2.24) is 0 Å². The maximum atomic E-state index is 5.98. The molecule has 1 saturated heterocycles. The lowest BCUT2D eigenvalue weighted by Crippen LogP contribution is -2.33. The number of benzene rings is 1. The van der Waals surface area contributed by atoms with Gasteiger partial charge in [0.1, 0.15) is 0 Å². The molecule has 1 fully saturated rings. The van der Waals surface area contributed by atoms with Gasteiger partial charge in [0.25, 0.3) is 0 Å². The fraction of sp³-hybridized carbons (Fsp3) is 0.538. The molecule has 1 aliphatic rings. The van der Waals surface area contributed by atoms with Crippen molar-refractivity contribution in [2.75, 3.05) is 23.7 Å². The van der Waals surface area contributed by atoms with Crippen molar-refractivity contribution in [2.24, 2.45) is 5.92 Å². The van der Waals surface area contributed by atoms with E-state index < -0.39 is 0 Å². The van der Waals surface area contributed by atoms with Crippen LogP contribution in [0.4, 0.5) is 11.4 Å². The largest absolute Gasteiger partial charge is 0.397 e. The molecule has 0 spiro atoms. The Bertz CT molecular complexity index is 314. The highest BCUT2D eigenvalue weighted by Crippen LogP contribution is 2.28. The van der Waals surface area contributed by atoms with Gasteiger partial charge in [0.05, 0.1) is 11.4 Å². The number of rotatable bonds is 2. The van der Waals surface area contributed by atoms with Crippen LogP contribution in [0.25, 0.3) is 0 Å². The summed E-state index contributed by atoms with van der Waals surface area (Å²) in [6, 6.07) is 8.18. The molecule has 0 aromatic heterocycles. The third kappa shape index (κ3) is 2.25. The molecule has 0 bridgehead atoms. The summed E-state index contributed by atoms with van der Waals surface area (Å²) < 4.78 is 0. The average Bonchev–Trinajstić information content (AvgIpc) is 2.30. The van der Waals surface area contributed by atoms with Gasteiger partial charge in [-0.25, -0.2) is 0 Å². The van der Waals surface area contributed by atoms with Gasteiger partial charge in [0.2, 0.25) is 0 Å². The Morgan fingerprint density at radius 3 is 2.53 bits per heavy atom. The summed E-state index contributed by atoms with van der Waals surface area (Å²) in [5.74, 6) is 0.922. The lowest BCUT2D eigenvalue weighted by molar-refractivity contribution is 0.395. The number of hydrogen-bond donors (Lipinski definition) is 1. The van der Waals surface area contributed by atoms with E-state index in [0.717, 1.165) is 24.7 Å². The zero-order valence-corrected chi connectivity index (χ0v) is 9.45. The molecule has 1 heterocycles. The van der Waals surface area contributed by atoms with Gasteiger partial charge < -0.3 is 10.6 Å². The molecule has 0 radical (unpaired) electrons. The zero-order valence-electron chi connectivity index (χ0n) is 9.45. The van der Waals surface area contributed by atoms with Crippen LogP contribution in [0.15, 0.2) is 24.3 Å². The molecule has 2 rings (SSSR count). The Kier molecular flexibility index (Phi) is 3.14. The highest BCUT2D eigenvalue weighted by Gasteiger charge is 2.18. The van der Waals surface area contributed by atoms with E-state index >= 15 is 0 Å². The molecule has 15 heavy (non-hydrogen) atoms. The number of hydrogen-bond acceptors (Lipinski definition) is 2. The van der Waals surface area contributed by atoms with Crippen molar-refractivity contribution in [3.05, 3.63) is 24.3 Å². The van der Waals surface area contributed by atoms with E-state index in [4.69, 9.17) is 5.73 Å². The van der Waals surface area contributed by atoms with Crippen molar-refractivity contribution in [3.63, 3.8) is 0 Å². The summed E-state index contributed by atoms with van der Waals surface area (Å²) in [6.07, 6.45) is 3.94. The summed E-state index contributed by atoms with van der Waals surface area (Å²) in [5, 5.41) is 0. The van der Waals surface area contributed by atoms with Crippen molar-refractivity contribution in [3.8, 4) is 0 Å². The predicted molar refractivity (Wildman–Crippen MR) is 66.1 cm³/mol. The van der Waals surface area contributed by atoms with E-state index in [-0.39, 0.29) is 0 Å². The van der Waals surface area contributed by atoms with E-state index in [1.807, 2.05) is 12.1 Å². The quantitative estimate of drug-likeness (QED) is 0.750. The topological polar surface area (TPSA) is 29.3 Å². The molecule has 0 atom stereocenters. The van der Waals surface area contributed by atoms with Gasteiger partial charge in [-0.1, -0.05) is 25.5 Å². The average molecular weight is 204 g/mol. The molecule has 2 nitrogen and oxygen atoms in total. The van der Waals surface area contributed by atoms with Crippen LogP contribution in [-0.4, -0.2) is 13.1 Å². The first-order valence-corrected chi connectivity index (χ1v) is 5.90. The van der Waals surface area contributed by atoms with Gasteiger partial charge in [0, 0.05) is 13.1 Å². The van der Waals surface area contributed by atoms with Crippen LogP contribution in [0, 0.1) is 5.92 Å². The molecule has 1 aliphatic heterocycles. The monoisotopic (exact) mass is 204 g/mol. The third-order valence-electron chi connectivity index (χ3n) is 3.47. The predicted octanol–water partition coefficient (Wildman–Crippen LogP) is 2.90. The Hall–Kier alpha value is -1.18. The molecule has 82 valence electrons. The maximum absolute atomic E-state index is 5.98. The van der Waals surface area contributed by atoms with Crippen LogP contribution < -0.4 is 10.6 Å². The molecule has 0 saturated carbocycles. The van der Waals surface area contributed by atoms with Crippen molar-refractivity contribution < 1.29 is 0 Å². The van der Waals surface area contributed by atoms with Gasteiger partial charge in [0.15, 0.2) is 0 Å². The Morgan fingerprint density at radius 2 is 1.93 bits per heavy atom. The molecule has 2 N–H and O–H groups in total. The highest BCUT2D eigenvalue weighted by molar-refractivity contribution is 5.67. The standard InChI is InChI=1S/C13H20N2/c1-2-11-7-9-15(10-8-11)13-6-4-3-5-12(13)14/h3-6,11H,2,7-10,14H2,1H3. The summed E-state index contributed by atoms with van der Waals surface area (Å²) in [6.45, 7) is 4.61. The van der Waals surface area contributed by atoms with Gasteiger partial charge in [-0.05, 0) is 30.9 Å². The van der Waals surface area contributed by atoms with Crippen LogP contribution in [-0.2, 0) is 0 Å². The van der Waals surface area contributed by atoms with E-state index in [1.54, 1.807) is 0 Å². The van der Waals surface area contributed by atoms with E-state index in [9.17, 15) is 0 Å². The summed E-state index contributed by atoms with van der Waals surface area (Å²) in [5.41, 5.74) is 8.10. The van der Waals surface area contributed by atoms with E-state index in [1.165, 1.54) is 24.9 Å². The highest BCUT2D eigenvalue weighted by atomic mass is 15.1. The molecule has 2 heteroatoms. The second-order valence-corrected chi connectivity index (χ2v) is 4.40. The van der Waals surface area contributed by atoms with Gasteiger partial charge in [-0.15, -0.1) is 0 Å². The number of nitrogens with zero attached hydrogens (tertiary/aromatic N) is 1. The molecule has 0 aliphatic carbocycles. The smallest absolute Gasteiger partial charge is 0.0599 e. The second kappa shape index (κ2) is 4.56. The van der Waals surface area contributed by atoms with E-state index in [2.05, 4.69) is 24.0 Å². The minimum Gasteiger partial charge on any atom is -0.397 e. The minimum atomic E-state index is 0.910. The minimum absolute atomic E-state index is 0.910. The number of anilines is 2. The summed E-state index contributed by atoms with van der Waals surface area (Å²) in [7, 11) is 0. The lowest BCUT2D eigenvalue weighted by Gasteiger charge is -2.33. The Labute approximate surface area is 92.1 Å². The molecule has 0 amide bonds. The molecule has 1 aromatic rings. The number of piperidine rings is 1.